The second-order valence-corrected chi connectivity index (χ2v) is 9.88. The van der Waals surface area contributed by atoms with E-state index in [1.165, 1.54) is 5.70 Å². The predicted octanol–water partition coefficient (Wildman–Crippen LogP) is 4.56. The maximum absolute atomic E-state index is 12.7. The maximum Gasteiger partial charge on any atom is 0.255 e. The molecule has 1 aliphatic carbocycles. The first-order chi connectivity index (χ1) is 18.8. The van der Waals surface area contributed by atoms with Crippen molar-refractivity contribution < 1.29 is 8.78 Å². The first-order valence-electron chi connectivity index (χ1n) is 12.8. The van der Waals surface area contributed by atoms with E-state index in [9.17, 15) is 8.78 Å². The van der Waals surface area contributed by atoms with Gasteiger partial charge in [-0.15, -0.1) is 0 Å². The van der Waals surface area contributed by atoms with Crippen LogP contribution in [0.3, 0.4) is 0 Å². The number of nitrogens with one attached hydrogen (secondary N) is 3. The van der Waals surface area contributed by atoms with E-state index in [0.29, 0.717) is 28.6 Å². The van der Waals surface area contributed by atoms with Gasteiger partial charge in [-0.3, -0.25) is 4.40 Å². The van der Waals surface area contributed by atoms with Gasteiger partial charge in [0.2, 0.25) is 5.95 Å². The Labute approximate surface area is 226 Å². The summed E-state index contributed by atoms with van der Waals surface area (Å²) < 4.78 is 27.1. The molecule has 0 atom stereocenters. The number of H-pyrrole nitrogens is 1. The second-order valence-electron chi connectivity index (χ2n) is 9.88. The second kappa shape index (κ2) is 11.2. The van der Waals surface area contributed by atoms with E-state index in [0.717, 1.165) is 48.1 Å². The summed E-state index contributed by atoms with van der Waals surface area (Å²) in [4.78, 5) is 21.4. The van der Waals surface area contributed by atoms with Gasteiger partial charge in [0.05, 0.1) is 24.1 Å². The molecule has 39 heavy (non-hydrogen) atoms. The molecule has 0 amide bonds. The quantitative estimate of drug-likeness (QED) is 0.260. The van der Waals surface area contributed by atoms with Crippen LogP contribution >= 0.6 is 0 Å². The highest BCUT2D eigenvalue weighted by Crippen LogP contribution is 2.29. The molecule has 4 aromatic rings. The van der Waals surface area contributed by atoms with Crippen molar-refractivity contribution in [3.63, 3.8) is 0 Å². The van der Waals surface area contributed by atoms with Gasteiger partial charge in [-0.05, 0) is 45.1 Å². The minimum atomic E-state index is -2.47. The van der Waals surface area contributed by atoms with Crippen molar-refractivity contribution in [1.29, 1.82) is 0 Å². The molecule has 0 aliphatic heterocycles. The van der Waals surface area contributed by atoms with Crippen LogP contribution in [0.2, 0.25) is 0 Å². The number of pyridine rings is 1. The summed E-state index contributed by atoms with van der Waals surface area (Å²) in [6.07, 6.45) is 11.0. The lowest BCUT2D eigenvalue weighted by Gasteiger charge is -2.26. The standard InChI is InChI=1S/C28H33F2N9/c1-18(31-16-25(29)30)24-15-32-26-9-8-19(17-39(24)26)22-13-33-27-23(22)14-34-28(36-27)35-20-6-5-7-21(12-20)38(4)11-10-37(2)3/h6,8-9,12-15,17,25,31H,1,5,7,10-11,16H2,2-4H3,(H2,33,34,35,36). The molecule has 0 radical (unpaired) electrons. The van der Waals surface area contributed by atoms with Gasteiger partial charge in [0.25, 0.3) is 6.43 Å². The summed E-state index contributed by atoms with van der Waals surface area (Å²) in [6, 6.07) is 3.84. The lowest BCUT2D eigenvalue weighted by atomic mass is 10.1. The fourth-order valence-corrected chi connectivity index (χ4v) is 4.56. The Morgan fingerprint density at radius 3 is 2.82 bits per heavy atom. The van der Waals surface area contributed by atoms with Gasteiger partial charge in [-0.2, -0.15) is 4.98 Å². The van der Waals surface area contributed by atoms with Crippen LogP contribution in [0.15, 0.2) is 67.0 Å². The molecule has 11 heteroatoms. The van der Waals surface area contributed by atoms with Crippen molar-refractivity contribution in [2.24, 2.45) is 0 Å². The highest BCUT2D eigenvalue weighted by molar-refractivity contribution is 5.93. The third-order valence-electron chi connectivity index (χ3n) is 6.74. The van der Waals surface area contributed by atoms with Gasteiger partial charge in [0, 0.05) is 66.6 Å². The average molecular weight is 534 g/mol. The first-order valence-corrected chi connectivity index (χ1v) is 12.8. The van der Waals surface area contributed by atoms with Gasteiger partial charge in [0.15, 0.2) is 0 Å². The number of alkyl halides is 2. The van der Waals surface area contributed by atoms with E-state index in [2.05, 4.69) is 75.3 Å². The number of aromatic nitrogens is 5. The molecule has 0 spiro atoms. The summed E-state index contributed by atoms with van der Waals surface area (Å²) >= 11 is 0. The summed E-state index contributed by atoms with van der Waals surface area (Å²) in [5.74, 6) is 0.518. The summed E-state index contributed by atoms with van der Waals surface area (Å²) in [7, 11) is 6.29. The molecule has 0 fully saturated rings. The van der Waals surface area contributed by atoms with Gasteiger partial charge < -0.3 is 25.4 Å². The minimum absolute atomic E-state index is 0.385. The van der Waals surface area contributed by atoms with Crippen LogP contribution < -0.4 is 10.6 Å². The zero-order valence-corrected chi connectivity index (χ0v) is 22.4. The Kier molecular flexibility index (Phi) is 7.60. The summed E-state index contributed by atoms with van der Waals surface area (Å²) in [5.41, 5.74) is 6.50. The van der Waals surface area contributed by atoms with Crippen molar-refractivity contribution in [3.05, 3.63) is 72.7 Å². The Hall–Kier alpha value is -4.25. The molecule has 0 aromatic carbocycles. The van der Waals surface area contributed by atoms with Crippen LogP contribution in [0.1, 0.15) is 18.5 Å². The van der Waals surface area contributed by atoms with Crippen LogP contribution in [0.5, 0.6) is 0 Å². The van der Waals surface area contributed by atoms with Crippen LogP contribution in [-0.4, -0.2) is 81.3 Å². The lowest BCUT2D eigenvalue weighted by molar-refractivity contribution is 0.151. The van der Waals surface area contributed by atoms with Crippen molar-refractivity contribution in [2.75, 3.05) is 46.1 Å². The molecule has 4 aromatic heterocycles. The van der Waals surface area contributed by atoms with Crippen molar-refractivity contribution >= 4 is 28.3 Å². The molecular formula is C28H33F2N9. The number of fused-ring (bicyclic) bond motifs is 2. The molecule has 3 N–H and O–H groups in total. The Bertz CT molecular complexity index is 1550. The van der Waals surface area contributed by atoms with Crippen LogP contribution in [-0.2, 0) is 0 Å². The Morgan fingerprint density at radius 2 is 2.03 bits per heavy atom. The van der Waals surface area contributed by atoms with Crippen LogP contribution in [0, 0.1) is 0 Å². The third kappa shape index (κ3) is 5.93. The van der Waals surface area contributed by atoms with E-state index in [1.807, 2.05) is 28.9 Å². The summed E-state index contributed by atoms with van der Waals surface area (Å²) in [6.45, 7) is 5.39. The van der Waals surface area contributed by atoms with Crippen LogP contribution in [0.4, 0.5) is 14.7 Å². The normalized spacial score (nSPS) is 13.7. The maximum atomic E-state index is 12.7. The molecule has 0 bridgehead atoms. The Morgan fingerprint density at radius 1 is 1.18 bits per heavy atom. The van der Waals surface area contributed by atoms with E-state index in [-0.39, 0.29) is 0 Å². The molecule has 4 heterocycles. The first kappa shape index (κ1) is 26.4. The number of hydrogen-bond acceptors (Lipinski definition) is 7. The molecule has 204 valence electrons. The highest BCUT2D eigenvalue weighted by Gasteiger charge is 2.15. The molecule has 0 saturated carbocycles. The SMILES string of the molecule is C=C(NCC(F)F)c1cnc2ccc(-c3c[nH]c4nc(NC5=CCCC(N(C)CCN(C)C)=C5)ncc34)cn12. The van der Waals surface area contributed by atoms with Gasteiger partial charge in [-0.1, -0.05) is 12.7 Å². The average Bonchev–Trinajstić information content (AvgIpc) is 3.54. The number of allylic oxidation sites excluding steroid dienone is 3. The van der Waals surface area contributed by atoms with Crippen molar-refractivity contribution in [2.45, 2.75) is 19.3 Å². The van der Waals surface area contributed by atoms with Crippen molar-refractivity contribution in [3.8, 4) is 11.1 Å². The van der Waals surface area contributed by atoms with E-state index in [4.69, 9.17) is 4.98 Å². The van der Waals surface area contributed by atoms with Gasteiger partial charge in [-0.25, -0.2) is 18.7 Å². The van der Waals surface area contributed by atoms with Crippen molar-refractivity contribution in [1.82, 2.24) is 39.5 Å². The number of imidazole rings is 1. The Balaban J connectivity index is 1.35. The van der Waals surface area contributed by atoms with E-state index < -0.39 is 13.0 Å². The molecule has 5 rings (SSSR count). The van der Waals surface area contributed by atoms with E-state index in [1.54, 1.807) is 12.4 Å². The summed E-state index contributed by atoms with van der Waals surface area (Å²) in [5, 5.41) is 6.89. The highest BCUT2D eigenvalue weighted by atomic mass is 19.3. The molecule has 0 saturated heterocycles. The predicted molar refractivity (Wildman–Crippen MR) is 151 cm³/mol. The number of nitrogens with zero attached hydrogens (tertiary/aromatic N) is 6. The number of halogens is 2. The smallest absolute Gasteiger partial charge is 0.255 e. The molecule has 1 aliphatic rings. The van der Waals surface area contributed by atoms with Gasteiger partial charge in [0.1, 0.15) is 11.3 Å². The number of rotatable bonds is 11. The van der Waals surface area contributed by atoms with Gasteiger partial charge >= 0.3 is 0 Å². The molecule has 0 unspecified atom stereocenters. The molecular weight excluding hydrogens is 500 g/mol. The van der Waals surface area contributed by atoms with E-state index >= 15 is 0 Å². The third-order valence-corrected chi connectivity index (χ3v) is 6.74. The number of aromatic amines is 1. The fraction of sp³-hybridized carbons (Fsp3) is 0.321. The lowest BCUT2D eigenvalue weighted by Crippen LogP contribution is -2.29. The fourth-order valence-electron chi connectivity index (χ4n) is 4.56. The largest absolute Gasteiger partial charge is 0.378 e. The monoisotopic (exact) mass is 533 g/mol. The van der Waals surface area contributed by atoms with Crippen LogP contribution in [0.25, 0.3) is 33.5 Å². The number of anilines is 1. The number of likely N-dealkylation sites (N-methyl/N-ethyl adjacent to an activating group) is 2. The minimum Gasteiger partial charge on any atom is -0.378 e. The zero-order valence-electron chi connectivity index (χ0n) is 22.4. The zero-order chi connectivity index (χ0) is 27.5. The number of hydrogen-bond donors (Lipinski definition) is 3. The molecule has 9 nitrogen and oxygen atoms in total. The topological polar surface area (TPSA) is 89.4 Å².